The number of aryl methyl sites for hydroxylation is 1. The normalized spacial score (nSPS) is 10.6. The molecule has 0 aliphatic heterocycles. The summed E-state index contributed by atoms with van der Waals surface area (Å²) in [5.74, 6) is -0.318. The van der Waals surface area contributed by atoms with Crippen molar-refractivity contribution in [1.82, 2.24) is 9.78 Å². The van der Waals surface area contributed by atoms with Gasteiger partial charge in [0.15, 0.2) is 0 Å². The molecular weight excluding hydrogens is 293 g/mol. The number of anilines is 1. The molecule has 0 unspecified atom stereocenters. The van der Waals surface area contributed by atoms with Crippen LogP contribution < -0.4 is 5.73 Å². The lowest BCUT2D eigenvalue weighted by atomic mass is 10.3. The number of aromatic nitrogens is 2. The number of benzene rings is 1. The minimum Gasteiger partial charge on any atom is -0.462 e. The zero-order valence-corrected chi connectivity index (χ0v) is 12.6. The Morgan fingerprint density at radius 3 is 2.90 bits per heavy atom. The summed E-state index contributed by atoms with van der Waals surface area (Å²) in [7, 11) is 1.75. The fourth-order valence-corrected chi connectivity index (χ4v) is 2.89. The Morgan fingerprint density at radius 2 is 2.24 bits per heavy atom. The summed E-state index contributed by atoms with van der Waals surface area (Å²) < 4.78 is 19.9. The van der Waals surface area contributed by atoms with Crippen LogP contribution in [-0.2, 0) is 17.5 Å². The van der Waals surface area contributed by atoms with Crippen LogP contribution in [-0.4, -0.2) is 22.4 Å². The monoisotopic (exact) mass is 309 g/mol. The van der Waals surface area contributed by atoms with E-state index in [1.165, 1.54) is 30.1 Å². The quantitative estimate of drug-likeness (QED) is 0.522. The number of thioether (sulfide) groups is 1. The Hall–Kier alpha value is -2.02. The highest BCUT2D eigenvalue weighted by molar-refractivity contribution is 7.98. The molecule has 0 bridgehead atoms. The predicted molar refractivity (Wildman–Crippen MR) is 79.5 cm³/mol. The molecule has 2 aromatic rings. The van der Waals surface area contributed by atoms with Crippen molar-refractivity contribution in [2.75, 3.05) is 12.3 Å². The van der Waals surface area contributed by atoms with Gasteiger partial charge < -0.3 is 10.5 Å². The number of ether oxygens (including phenoxy) is 1. The Morgan fingerprint density at radius 1 is 1.48 bits per heavy atom. The van der Waals surface area contributed by atoms with Gasteiger partial charge in [0.05, 0.1) is 18.5 Å². The van der Waals surface area contributed by atoms with Crippen molar-refractivity contribution in [3.63, 3.8) is 0 Å². The van der Waals surface area contributed by atoms with E-state index in [9.17, 15) is 9.18 Å². The van der Waals surface area contributed by atoms with Gasteiger partial charge in [-0.1, -0.05) is 0 Å². The van der Waals surface area contributed by atoms with Gasteiger partial charge in [0, 0.05) is 23.4 Å². The number of rotatable bonds is 5. The lowest BCUT2D eigenvalue weighted by molar-refractivity contribution is 0.0525. The molecule has 7 heteroatoms. The van der Waals surface area contributed by atoms with Crippen LogP contribution in [0.25, 0.3) is 0 Å². The molecule has 2 rings (SSSR count). The van der Waals surface area contributed by atoms with Crippen LogP contribution in [0.5, 0.6) is 0 Å². The largest absolute Gasteiger partial charge is 0.462 e. The number of carbonyl (C=O) groups excluding carboxylic acids is 1. The Bertz CT molecular complexity index is 637. The molecule has 1 aromatic carbocycles. The number of nitrogen functional groups attached to an aromatic ring is 1. The highest BCUT2D eigenvalue weighted by Gasteiger charge is 2.17. The smallest absolute Gasteiger partial charge is 0.341 e. The highest BCUT2D eigenvalue weighted by Crippen LogP contribution is 2.27. The zero-order chi connectivity index (χ0) is 15.4. The van der Waals surface area contributed by atoms with Crippen LogP contribution in [0.1, 0.15) is 23.0 Å². The maximum absolute atomic E-state index is 13.3. The van der Waals surface area contributed by atoms with Gasteiger partial charge in [0.2, 0.25) is 0 Å². The van der Waals surface area contributed by atoms with Gasteiger partial charge in [-0.2, -0.15) is 5.10 Å². The van der Waals surface area contributed by atoms with Gasteiger partial charge in [-0.3, -0.25) is 4.68 Å². The Labute approximate surface area is 126 Å². The summed E-state index contributed by atoms with van der Waals surface area (Å²) >= 11 is 1.38. The number of hydrogen-bond acceptors (Lipinski definition) is 5. The summed E-state index contributed by atoms with van der Waals surface area (Å²) in [6.07, 6.45) is 1.48. The molecule has 5 nitrogen and oxygen atoms in total. The van der Waals surface area contributed by atoms with Crippen LogP contribution in [0.2, 0.25) is 0 Å². The van der Waals surface area contributed by atoms with E-state index in [1.54, 1.807) is 24.7 Å². The summed E-state index contributed by atoms with van der Waals surface area (Å²) in [6.45, 7) is 2.05. The molecule has 1 aromatic heterocycles. The van der Waals surface area contributed by atoms with E-state index >= 15 is 0 Å². The summed E-state index contributed by atoms with van der Waals surface area (Å²) in [4.78, 5) is 12.5. The molecule has 2 N–H and O–H groups in total. The van der Waals surface area contributed by atoms with Gasteiger partial charge in [-0.15, -0.1) is 11.8 Å². The minimum atomic E-state index is -0.403. The molecule has 0 atom stereocenters. The number of nitrogens with zero attached hydrogens (tertiary/aromatic N) is 2. The van der Waals surface area contributed by atoms with Gasteiger partial charge in [0.1, 0.15) is 11.4 Å². The van der Waals surface area contributed by atoms with E-state index in [0.717, 1.165) is 5.69 Å². The second-order valence-electron chi connectivity index (χ2n) is 4.36. The molecule has 0 saturated heterocycles. The molecule has 0 amide bonds. The van der Waals surface area contributed by atoms with Crippen molar-refractivity contribution >= 4 is 23.4 Å². The zero-order valence-electron chi connectivity index (χ0n) is 11.8. The topological polar surface area (TPSA) is 70.1 Å². The van der Waals surface area contributed by atoms with E-state index in [2.05, 4.69) is 5.10 Å². The maximum atomic E-state index is 13.3. The first-order valence-electron chi connectivity index (χ1n) is 6.38. The second-order valence-corrected chi connectivity index (χ2v) is 5.41. The van der Waals surface area contributed by atoms with Gasteiger partial charge >= 0.3 is 5.97 Å². The third-order valence-electron chi connectivity index (χ3n) is 2.83. The van der Waals surface area contributed by atoms with Gasteiger partial charge in [0.25, 0.3) is 0 Å². The number of halogens is 1. The third kappa shape index (κ3) is 3.75. The fourth-order valence-electron chi connectivity index (χ4n) is 1.83. The van der Waals surface area contributed by atoms with Crippen LogP contribution >= 0.6 is 11.8 Å². The number of hydrogen-bond donors (Lipinski definition) is 1. The van der Waals surface area contributed by atoms with E-state index in [4.69, 9.17) is 10.5 Å². The average Bonchev–Trinajstić information content (AvgIpc) is 2.77. The summed E-state index contributed by atoms with van der Waals surface area (Å²) in [6, 6.07) is 4.35. The third-order valence-corrected chi connectivity index (χ3v) is 3.81. The predicted octanol–water partition coefficient (Wildman–Crippen LogP) is 2.61. The Kier molecular flexibility index (Phi) is 4.85. The number of nitrogens with two attached hydrogens (primary N) is 1. The van der Waals surface area contributed by atoms with Crippen molar-refractivity contribution < 1.29 is 13.9 Å². The standard InChI is InChI=1S/C14H16FN3O2S/c1-3-20-14(19)12-7-17-18(2)13(12)8-21-11-5-9(15)4-10(16)6-11/h4-7H,3,8,16H2,1-2H3. The lowest BCUT2D eigenvalue weighted by Crippen LogP contribution is -2.08. The molecule has 1 heterocycles. The van der Waals surface area contributed by atoms with Gasteiger partial charge in [-0.25, -0.2) is 9.18 Å². The molecule has 0 fully saturated rings. The first-order valence-corrected chi connectivity index (χ1v) is 7.36. The average molecular weight is 309 g/mol. The van der Waals surface area contributed by atoms with Gasteiger partial charge in [-0.05, 0) is 25.1 Å². The molecule has 0 radical (unpaired) electrons. The number of carbonyl (C=O) groups is 1. The molecular formula is C14H16FN3O2S. The minimum absolute atomic E-state index is 0.306. The SMILES string of the molecule is CCOC(=O)c1cnn(C)c1CSc1cc(N)cc(F)c1. The van der Waals surface area contributed by atoms with Crippen molar-refractivity contribution in [3.05, 3.63) is 41.5 Å². The van der Waals surface area contributed by atoms with Crippen molar-refractivity contribution in [1.29, 1.82) is 0 Å². The molecule has 0 spiro atoms. The van der Waals surface area contributed by atoms with E-state index in [-0.39, 0.29) is 5.82 Å². The molecule has 21 heavy (non-hydrogen) atoms. The summed E-state index contributed by atoms with van der Waals surface area (Å²) in [5, 5.41) is 4.07. The van der Waals surface area contributed by atoms with Crippen LogP contribution in [0.3, 0.4) is 0 Å². The lowest BCUT2D eigenvalue weighted by Gasteiger charge is -2.07. The van der Waals surface area contributed by atoms with E-state index in [0.29, 0.717) is 28.5 Å². The Balaban J connectivity index is 2.16. The second kappa shape index (κ2) is 6.62. The summed E-state index contributed by atoms with van der Waals surface area (Å²) in [5.41, 5.74) is 7.13. The molecule has 112 valence electrons. The fraction of sp³-hybridized carbons (Fsp3) is 0.286. The van der Waals surface area contributed by atoms with Crippen LogP contribution in [0.4, 0.5) is 10.1 Å². The van der Waals surface area contributed by atoms with Crippen molar-refractivity contribution in [2.45, 2.75) is 17.6 Å². The van der Waals surface area contributed by atoms with Crippen molar-refractivity contribution in [2.24, 2.45) is 7.05 Å². The van der Waals surface area contributed by atoms with Crippen molar-refractivity contribution in [3.8, 4) is 0 Å². The highest BCUT2D eigenvalue weighted by atomic mass is 32.2. The first-order chi connectivity index (χ1) is 10.0. The van der Waals surface area contributed by atoms with E-state index < -0.39 is 5.97 Å². The van der Waals surface area contributed by atoms with Crippen LogP contribution in [0, 0.1) is 5.82 Å². The maximum Gasteiger partial charge on any atom is 0.341 e. The molecule has 0 aliphatic rings. The molecule has 0 saturated carbocycles. The van der Waals surface area contributed by atoms with Crippen LogP contribution in [0.15, 0.2) is 29.3 Å². The van der Waals surface area contributed by atoms with E-state index in [1.807, 2.05) is 0 Å². The number of esters is 1. The first kappa shape index (κ1) is 15.4. The molecule has 0 aliphatic carbocycles.